The van der Waals surface area contributed by atoms with E-state index < -0.39 is 21.8 Å². The Morgan fingerprint density at radius 1 is 0.929 bits per heavy atom. The average Bonchev–Trinajstić information content (AvgIpc) is 2.72. The molecule has 10 heteroatoms. The lowest BCUT2D eigenvalue weighted by molar-refractivity contribution is -0.121. The van der Waals surface area contributed by atoms with Crippen molar-refractivity contribution in [3.8, 4) is 11.5 Å². The van der Waals surface area contributed by atoms with Gasteiger partial charge in [-0.2, -0.15) is 0 Å². The fourth-order valence-corrected chi connectivity index (χ4v) is 3.23. The number of ether oxygens (including phenoxy) is 2. The first-order chi connectivity index (χ1) is 13.4. The monoisotopic (exact) mass is 407 g/mol. The molecule has 0 spiro atoms. The van der Waals surface area contributed by atoms with Gasteiger partial charge in [0, 0.05) is 24.6 Å². The fourth-order valence-electron chi connectivity index (χ4n) is 2.18. The standard InChI is InChI=1S/C18H21N3O6S/c1-26-14-10-13(11-15(12-14)27-2)18(23)21-20-17(22)8-9-19-28(24,25)16-6-4-3-5-7-16/h3-7,10-12,19H,8-9H2,1-2H3,(H,20,22)(H,21,23). The molecule has 0 radical (unpaired) electrons. The minimum atomic E-state index is -3.69. The van der Waals surface area contributed by atoms with E-state index in [1.807, 2.05) is 0 Å². The number of hydrogen-bond acceptors (Lipinski definition) is 6. The number of hydrazine groups is 1. The minimum Gasteiger partial charge on any atom is -0.497 e. The number of methoxy groups -OCH3 is 2. The van der Waals surface area contributed by atoms with Gasteiger partial charge >= 0.3 is 0 Å². The minimum absolute atomic E-state index is 0.107. The molecule has 0 atom stereocenters. The van der Waals surface area contributed by atoms with Gasteiger partial charge in [-0.05, 0) is 24.3 Å². The molecule has 0 fully saturated rings. The van der Waals surface area contributed by atoms with Crippen LogP contribution in [0.25, 0.3) is 0 Å². The summed E-state index contributed by atoms with van der Waals surface area (Å²) in [6.07, 6.45) is -0.159. The molecule has 28 heavy (non-hydrogen) atoms. The van der Waals surface area contributed by atoms with Crippen LogP contribution in [-0.4, -0.2) is 41.0 Å². The van der Waals surface area contributed by atoms with Crippen LogP contribution in [0.1, 0.15) is 16.8 Å². The van der Waals surface area contributed by atoms with Crippen LogP contribution in [0.2, 0.25) is 0 Å². The van der Waals surface area contributed by atoms with E-state index in [0.29, 0.717) is 11.5 Å². The van der Waals surface area contributed by atoms with Gasteiger partial charge in [-0.25, -0.2) is 13.1 Å². The van der Waals surface area contributed by atoms with Crippen molar-refractivity contribution in [2.75, 3.05) is 20.8 Å². The summed E-state index contributed by atoms with van der Waals surface area (Å²) in [5.41, 5.74) is 4.70. The maximum atomic E-state index is 12.2. The van der Waals surface area contributed by atoms with E-state index in [1.165, 1.54) is 38.5 Å². The zero-order chi connectivity index (χ0) is 20.6. The van der Waals surface area contributed by atoms with E-state index >= 15 is 0 Å². The normalized spacial score (nSPS) is 10.8. The van der Waals surface area contributed by atoms with Gasteiger partial charge < -0.3 is 9.47 Å². The summed E-state index contributed by atoms with van der Waals surface area (Å²) >= 11 is 0. The van der Waals surface area contributed by atoms with Crippen molar-refractivity contribution in [1.82, 2.24) is 15.6 Å². The number of sulfonamides is 1. The molecule has 0 aliphatic carbocycles. The summed E-state index contributed by atoms with van der Waals surface area (Å²) in [6, 6.07) is 12.4. The summed E-state index contributed by atoms with van der Waals surface area (Å²) < 4.78 is 36.6. The van der Waals surface area contributed by atoms with Crippen LogP contribution < -0.4 is 25.0 Å². The molecule has 2 rings (SSSR count). The first kappa shape index (κ1) is 21.2. The van der Waals surface area contributed by atoms with Gasteiger partial charge in [-0.15, -0.1) is 0 Å². The number of hydrogen-bond donors (Lipinski definition) is 3. The summed E-state index contributed by atoms with van der Waals surface area (Å²) in [6.45, 7) is -0.119. The van der Waals surface area contributed by atoms with Crippen LogP contribution in [0, 0.1) is 0 Å². The number of amides is 2. The molecule has 0 saturated heterocycles. The van der Waals surface area contributed by atoms with E-state index in [1.54, 1.807) is 24.3 Å². The van der Waals surface area contributed by atoms with Crippen LogP contribution in [-0.2, 0) is 14.8 Å². The van der Waals surface area contributed by atoms with Gasteiger partial charge in [0.2, 0.25) is 15.9 Å². The lowest BCUT2D eigenvalue weighted by Gasteiger charge is -2.10. The van der Waals surface area contributed by atoms with Crippen molar-refractivity contribution in [3.63, 3.8) is 0 Å². The largest absolute Gasteiger partial charge is 0.497 e. The molecule has 0 saturated carbocycles. The Bertz CT molecular complexity index is 909. The number of benzene rings is 2. The molecule has 0 aromatic heterocycles. The van der Waals surface area contributed by atoms with Crippen molar-refractivity contribution in [2.45, 2.75) is 11.3 Å². The summed E-state index contributed by atoms with van der Waals surface area (Å²) in [4.78, 5) is 24.1. The van der Waals surface area contributed by atoms with Gasteiger partial charge in [-0.3, -0.25) is 20.4 Å². The molecule has 2 aromatic rings. The van der Waals surface area contributed by atoms with Crippen molar-refractivity contribution in [3.05, 3.63) is 54.1 Å². The highest BCUT2D eigenvalue weighted by Gasteiger charge is 2.14. The summed E-state index contributed by atoms with van der Waals surface area (Å²) in [5.74, 6) is -0.285. The van der Waals surface area contributed by atoms with Gasteiger partial charge in [0.05, 0.1) is 19.1 Å². The highest BCUT2D eigenvalue weighted by molar-refractivity contribution is 7.89. The van der Waals surface area contributed by atoms with Crippen molar-refractivity contribution in [1.29, 1.82) is 0 Å². The zero-order valence-corrected chi connectivity index (χ0v) is 16.2. The molecule has 0 aliphatic rings. The fraction of sp³-hybridized carbons (Fsp3) is 0.222. The molecule has 0 aliphatic heterocycles. The maximum absolute atomic E-state index is 12.2. The predicted molar refractivity (Wildman–Crippen MR) is 101 cm³/mol. The Balaban J connectivity index is 1.83. The number of carbonyl (C=O) groups is 2. The second-order valence-corrected chi connectivity index (χ2v) is 7.33. The first-order valence-corrected chi connectivity index (χ1v) is 9.71. The van der Waals surface area contributed by atoms with Crippen molar-refractivity contribution < 1.29 is 27.5 Å². The van der Waals surface area contributed by atoms with Gasteiger partial charge in [0.1, 0.15) is 11.5 Å². The molecule has 2 amide bonds. The Morgan fingerprint density at radius 2 is 1.54 bits per heavy atom. The van der Waals surface area contributed by atoms with Crippen LogP contribution in [0.15, 0.2) is 53.4 Å². The Morgan fingerprint density at radius 3 is 2.11 bits per heavy atom. The average molecular weight is 407 g/mol. The Kier molecular flexibility index (Phi) is 7.36. The number of nitrogens with one attached hydrogen (secondary N) is 3. The Hall–Kier alpha value is -3.11. The van der Waals surface area contributed by atoms with Gasteiger partial charge in [0.15, 0.2) is 0 Å². The van der Waals surface area contributed by atoms with E-state index in [2.05, 4.69) is 15.6 Å². The quantitative estimate of drug-likeness (QED) is 0.557. The molecular formula is C18H21N3O6S. The summed E-state index contributed by atoms with van der Waals surface area (Å²) in [5, 5.41) is 0. The molecule has 3 N–H and O–H groups in total. The molecule has 2 aromatic carbocycles. The van der Waals surface area contributed by atoms with Crippen LogP contribution in [0.5, 0.6) is 11.5 Å². The van der Waals surface area contributed by atoms with Crippen LogP contribution >= 0.6 is 0 Å². The molecule has 0 unspecified atom stereocenters. The highest BCUT2D eigenvalue weighted by atomic mass is 32.2. The lowest BCUT2D eigenvalue weighted by atomic mass is 10.2. The highest BCUT2D eigenvalue weighted by Crippen LogP contribution is 2.22. The van der Waals surface area contributed by atoms with E-state index in [-0.39, 0.29) is 23.4 Å². The molecule has 9 nitrogen and oxygen atoms in total. The van der Waals surface area contributed by atoms with Crippen LogP contribution in [0.4, 0.5) is 0 Å². The Labute approximate surface area is 163 Å². The van der Waals surface area contributed by atoms with Crippen molar-refractivity contribution in [2.24, 2.45) is 0 Å². The molecule has 0 heterocycles. The number of rotatable bonds is 8. The smallest absolute Gasteiger partial charge is 0.269 e. The first-order valence-electron chi connectivity index (χ1n) is 8.22. The summed E-state index contributed by atoms with van der Waals surface area (Å²) in [7, 11) is -0.785. The van der Waals surface area contributed by atoms with Crippen molar-refractivity contribution >= 4 is 21.8 Å². The maximum Gasteiger partial charge on any atom is 0.269 e. The molecular weight excluding hydrogens is 386 g/mol. The SMILES string of the molecule is COc1cc(OC)cc(C(=O)NNC(=O)CCNS(=O)(=O)c2ccccc2)c1. The zero-order valence-electron chi connectivity index (χ0n) is 15.4. The topological polar surface area (TPSA) is 123 Å². The lowest BCUT2D eigenvalue weighted by Crippen LogP contribution is -2.42. The third-order valence-corrected chi connectivity index (χ3v) is 5.10. The van der Waals surface area contributed by atoms with E-state index in [0.717, 1.165) is 0 Å². The molecule has 150 valence electrons. The third-order valence-electron chi connectivity index (χ3n) is 3.63. The number of carbonyl (C=O) groups excluding carboxylic acids is 2. The van der Waals surface area contributed by atoms with E-state index in [4.69, 9.17) is 9.47 Å². The van der Waals surface area contributed by atoms with E-state index in [9.17, 15) is 18.0 Å². The second kappa shape index (κ2) is 9.72. The second-order valence-electron chi connectivity index (χ2n) is 5.56. The molecule has 0 bridgehead atoms. The predicted octanol–water partition coefficient (Wildman–Crippen LogP) is 0.833. The van der Waals surface area contributed by atoms with Gasteiger partial charge in [-0.1, -0.05) is 18.2 Å². The third kappa shape index (κ3) is 5.96. The van der Waals surface area contributed by atoms with Gasteiger partial charge in [0.25, 0.3) is 5.91 Å². The van der Waals surface area contributed by atoms with Crippen LogP contribution in [0.3, 0.4) is 0 Å².